The van der Waals surface area contributed by atoms with Crippen molar-refractivity contribution in [3.05, 3.63) is 51.8 Å². The second-order valence-electron chi connectivity index (χ2n) is 4.12. The Balaban J connectivity index is 1.82. The maximum atomic E-state index is 8.70. The number of hydrogen-bond acceptors (Lipinski definition) is 4. The topological polar surface area (TPSA) is 38.0 Å². The van der Waals surface area contributed by atoms with Crippen LogP contribution in [0.25, 0.3) is 10.7 Å². The van der Waals surface area contributed by atoms with Crippen LogP contribution in [0.2, 0.25) is 0 Å². The highest BCUT2D eigenvalue weighted by molar-refractivity contribution is 7.13. The Hall–Kier alpha value is -1.87. The molecule has 0 aliphatic heterocycles. The van der Waals surface area contributed by atoms with Crippen molar-refractivity contribution in [1.29, 1.82) is 0 Å². The molecular formula is C15H12N2OS2. The van der Waals surface area contributed by atoms with Crippen LogP contribution in [0.15, 0.2) is 41.4 Å². The van der Waals surface area contributed by atoms with Gasteiger partial charge in [0, 0.05) is 28.2 Å². The van der Waals surface area contributed by atoms with Gasteiger partial charge in [0.15, 0.2) is 0 Å². The quantitative estimate of drug-likeness (QED) is 0.755. The SMILES string of the molecule is OCC#Cc1csc(Cn2ccnc2-c2cccs2)c1. The number of imidazole rings is 1. The summed E-state index contributed by atoms with van der Waals surface area (Å²) in [5.41, 5.74) is 0.955. The van der Waals surface area contributed by atoms with E-state index in [-0.39, 0.29) is 6.61 Å². The number of aliphatic hydroxyl groups excluding tert-OH is 1. The lowest BCUT2D eigenvalue weighted by atomic mass is 10.3. The second-order valence-corrected chi connectivity index (χ2v) is 6.06. The Labute approximate surface area is 125 Å². The Morgan fingerprint density at radius 2 is 2.30 bits per heavy atom. The van der Waals surface area contributed by atoms with Gasteiger partial charge in [0.1, 0.15) is 12.4 Å². The van der Waals surface area contributed by atoms with Gasteiger partial charge < -0.3 is 9.67 Å². The van der Waals surface area contributed by atoms with Gasteiger partial charge in [-0.1, -0.05) is 17.9 Å². The van der Waals surface area contributed by atoms with E-state index in [2.05, 4.69) is 38.9 Å². The van der Waals surface area contributed by atoms with E-state index in [9.17, 15) is 0 Å². The summed E-state index contributed by atoms with van der Waals surface area (Å²) in [5.74, 6) is 6.59. The molecule has 3 heterocycles. The highest BCUT2D eigenvalue weighted by atomic mass is 32.1. The van der Waals surface area contributed by atoms with Crippen molar-refractivity contribution in [2.75, 3.05) is 6.61 Å². The molecule has 3 rings (SSSR count). The fourth-order valence-electron chi connectivity index (χ4n) is 1.91. The van der Waals surface area contributed by atoms with Crippen molar-refractivity contribution in [3.8, 4) is 22.5 Å². The zero-order valence-corrected chi connectivity index (χ0v) is 12.2. The molecule has 20 heavy (non-hydrogen) atoms. The molecule has 0 radical (unpaired) electrons. The van der Waals surface area contributed by atoms with Crippen molar-refractivity contribution >= 4 is 22.7 Å². The Morgan fingerprint density at radius 3 is 3.10 bits per heavy atom. The first-order valence-electron chi connectivity index (χ1n) is 6.09. The molecule has 0 amide bonds. The van der Waals surface area contributed by atoms with Gasteiger partial charge in [-0.25, -0.2) is 4.98 Å². The standard InChI is InChI=1S/C15H12N2OS2/c18-7-1-3-12-9-13(20-11-12)10-17-6-5-16-15(17)14-4-2-8-19-14/h2,4-6,8-9,11,18H,7,10H2. The number of hydrogen-bond donors (Lipinski definition) is 1. The third kappa shape index (κ3) is 2.83. The highest BCUT2D eigenvalue weighted by Gasteiger charge is 2.08. The van der Waals surface area contributed by atoms with E-state index in [1.807, 2.05) is 23.8 Å². The van der Waals surface area contributed by atoms with Crippen molar-refractivity contribution in [1.82, 2.24) is 9.55 Å². The molecule has 0 aliphatic carbocycles. The number of aromatic nitrogens is 2. The number of rotatable bonds is 3. The molecule has 3 nitrogen and oxygen atoms in total. The van der Waals surface area contributed by atoms with Gasteiger partial charge in [-0.05, 0) is 17.5 Å². The minimum Gasteiger partial charge on any atom is -0.384 e. The lowest BCUT2D eigenvalue weighted by Gasteiger charge is -2.04. The van der Waals surface area contributed by atoms with Gasteiger partial charge >= 0.3 is 0 Å². The summed E-state index contributed by atoms with van der Waals surface area (Å²) in [6.07, 6.45) is 3.82. The molecular weight excluding hydrogens is 288 g/mol. The fourth-order valence-corrected chi connectivity index (χ4v) is 3.46. The molecule has 0 aliphatic rings. The zero-order valence-electron chi connectivity index (χ0n) is 10.6. The minimum absolute atomic E-state index is 0.102. The first kappa shape index (κ1) is 13.1. The average Bonchev–Trinajstić information content (AvgIpc) is 3.18. The van der Waals surface area contributed by atoms with E-state index in [4.69, 9.17) is 5.11 Å². The van der Waals surface area contributed by atoms with Gasteiger partial charge in [-0.2, -0.15) is 0 Å². The second kappa shape index (κ2) is 6.06. The molecule has 0 spiro atoms. The molecule has 100 valence electrons. The summed E-state index contributed by atoms with van der Waals surface area (Å²) in [6, 6.07) is 6.17. The van der Waals surface area contributed by atoms with Crippen molar-refractivity contribution < 1.29 is 5.11 Å². The van der Waals surface area contributed by atoms with Crippen LogP contribution < -0.4 is 0 Å². The predicted molar refractivity (Wildman–Crippen MR) is 82.9 cm³/mol. The van der Waals surface area contributed by atoms with Crippen LogP contribution in [0, 0.1) is 11.8 Å². The predicted octanol–water partition coefficient (Wildman–Crippen LogP) is 3.07. The largest absolute Gasteiger partial charge is 0.384 e. The van der Waals surface area contributed by atoms with Crippen molar-refractivity contribution in [3.63, 3.8) is 0 Å². The Morgan fingerprint density at radius 1 is 1.35 bits per heavy atom. The van der Waals surface area contributed by atoms with Gasteiger partial charge in [0.25, 0.3) is 0 Å². The molecule has 3 aromatic heterocycles. The smallest absolute Gasteiger partial charge is 0.150 e. The first-order chi connectivity index (χ1) is 9.86. The third-order valence-corrected chi connectivity index (χ3v) is 4.54. The molecule has 3 aromatic rings. The monoisotopic (exact) mass is 300 g/mol. The van der Waals surface area contributed by atoms with E-state index in [0.29, 0.717) is 0 Å². The molecule has 1 N–H and O–H groups in total. The van der Waals surface area contributed by atoms with E-state index in [1.54, 1.807) is 22.7 Å². The fraction of sp³-hybridized carbons (Fsp3) is 0.133. The Kier molecular flexibility index (Phi) is 3.97. The number of aliphatic hydroxyl groups is 1. The van der Waals surface area contributed by atoms with Crippen LogP contribution in [0.5, 0.6) is 0 Å². The molecule has 5 heteroatoms. The molecule has 0 fully saturated rings. The van der Waals surface area contributed by atoms with Crippen LogP contribution >= 0.6 is 22.7 Å². The van der Waals surface area contributed by atoms with Crippen LogP contribution in [-0.4, -0.2) is 21.3 Å². The van der Waals surface area contributed by atoms with E-state index < -0.39 is 0 Å². The summed E-state index contributed by atoms with van der Waals surface area (Å²) in [6.45, 7) is 0.688. The molecule has 0 saturated carbocycles. The average molecular weight is 300 g/mol. The van der Waals surface area contributed by atoms with Crippen LogP contribution in [0.1, 0.15) is 10.4 Å². The molecule has 0 saturated heterocycles. The summed E-state index contributed by atoms with van der Waals surface area (Å²) in [7, 11) is 0. The summed E-state index contributed by atoms with van der Waals surface area (Å²) >= 11 is 3.37. The molecule has 0 atom stereocenters. The summed E-state index contributed by atoms with van der Waals surface area (Å²) in [4.78, 5) is 6.83. The maximum Gasteiger partial charge on any atom is 0.150 e. The number of thiophene rings is 2. The zero-order chi connectivity index (χ0) is 13.8. The van der Waals surface area contributed by atoms with Gasteiger partial charge in [0.05, 0.1) is 11.4 Å². The maximum absolute atomic E-state index is 8.70. The van der Waals surface area contributed by atoms with Crippen molar-refractivity contribution in [2.45, 2.75) is 6.54 Å². The first-order valence-corrected chi connectivity index (χ1v) is 7.85. The van der Waals surface area contributed by atoms with Crippen LogP contribution in [-0.2, 0) is 6.54 Å². The van der Waals surface area contributed by atoms with E-state index in [1.165, 1.54) is 9.75 Å². The van der Waals surface area contributed by atoms with Crippen molar-refractivity contribution in [2.24, 2.45) is 0 Å². The normalized spacial score (nSPS) is 10.2. The minimum atomic E-state index is -0.102. The van der Waals surface area contributed by atoms with Gasteiger partial charge in [-0.3, -0.25) is 0 Å². The summed E-state index contributed by atoms with van der Waals surface area (Å²) in [5, 5.41) is 12.8. The van der Waals surface area contributed by atoms with Crippen LogP contribution in [0.4, 0.5) is 0 Å². The lowest BCUT2D eigenvalue weighted by Crippen LogP contribution is -1.98. The summed E-state index contributed by atoms with van der Waals surface area (Å²) < 4.78 is 2.14. The van der Waals surface area contributed by atoms with E-state index in [0.717, 1.165) is 17.9 Å². The molecule has 0 unspecified atom stereocenters. The van der Waals surface area contributed by atoms with E-state index >= 15 is 0 Å². The van der Waals surface area contributed by atoms with Crippen LogP contribution in [0.3, 0.4) is 0 Å². The number of nitrogens with zero attached hydrogens (tertiary/aromatic N) is 2. The highest BCUT2D eigenvalue weighted by Crippen LogP contribution is 2.24. The Bertz CT molecular complexity index is 744. The lowest BCUT2D eigenvalue weighted by molar-refractivity contribution is 0.350. The van der Waals surface area contributed by atoms with Gasteiger partial charge in [-0.15, -0.1) is 22.7 Å². The molecule has 0 aromatic carbocycles. The molecule has 0 bridgehead atoms. The third-order valence-electron chi connectivity index (χ3n) is 2.75. The van der Waals surface area contributed by atoms with Gasteiger partial charge in [0.2, 0.25) is 0 Å².